The number of anilines is 1. The molecule has 3 aromatic heterocycles. The van der Waals surface area contributed by atoms with E-state index < -0.39 is 0 Å². The Kier molecular flexibility index (Phi) is 3.56. The van der Waals surface area contributed by atoms with Crippen LogP contribution >= 0.6 is 0 Å². The molecule has 2 aliphatic rings. The van der Waals surface area contributed by atoms with Gasteiger partial charge in [-0.05, 0) is 37.0 Å². The summed E-state index contributed by atoms with van der Waals surface area (Å²) >= 11 is 0. The van der Waals surface area contributed by atoms with E-state index in [0.29, 0.717) is 18.0 Å². The SMILES string of the molecule is C=CC(=O)N1CC2CC1CC2Nc1cc(-c2cnn(C)c2)cn2nccc12. The molecule has 5 rings (SSSR count). The summed E-state index contributed by atoms with van der Waals surface area (Å²) < 4.78 is 3.71. The molecule has 3 atom stereocenters. The molecule has 138 valence electrons. The highest BCUT2D eigenvalue weighted by molar-refractivity contribution is 5.87. The fourth-order valence-corrected chi connectivity index (χ4v) is 4.59. The van der Waals surface area contributed by atoms with E-state index in [0.717, 1.165) is 41.7 Å². The number of carbonyl (C=O) groups excluding carboxylic acids is 1. The van der Waals surface area contributed by atoms with Gasteiger partial charge >= 0.3 is 0 Å². The highest BCUT2D eigenvalue weighted by atomic mass is 16.2. The second kappa shape index (κ2) is 5.97. The third-order valence-corrected chi connectivity index (χ3v) is 5.89. The van der Waals surface area contributed by atoms with Crippen molar-refractivity contribution < 1.29 is 4.79 Å². The third-order valence-electron chi connectivity index (χ3n) is 5.89. The fraction of sp³-hybridized carbons (Fsp3) is 0.350. The zero-order valence-corrected chi connectivity index (χ0v) is 15.2. The van der Waals surface area contributed by atoms with E-state index in [2.05, 4.69) is 28.2 Å². The summed E-state index contributed by atoms with van der Waals surface area (Å²) in [5, 5.41) is 12.4. The molecule has 1 N–H and O–H groups in total. The van der Waals surface area contributed by atoms with Gasteiger partial charge in [0.2, 0.25) is 5.91 Å². The highest BCUT2D eigenvalue weighted by Gasteiger charge is 2.46. The van der Waals surface area contributed by atoms with E-state index >= 15 is 0 Å². The van der Waals surface area contributed by atoms with E-state index in [9.17, 15) is 4.79 Å². The lowest BCUT2D eigenvalue weighted by Crippen LogP contribution is -2.43. The molecule has 2 bridgehead atoms. The molecule has 0 radical (unpaired) electrons. The predicted octanol–water partition coefficient (Wildman–Crippen LogP) is 2.32. The summed E-state index contributed by atoms with van der Waals surface area (Å²) in [6, 6.07) is 4.88. The van der Waals surface area contributed by atoms with Gasteiger partial charge in [-0.3, -0.25) is 9.48 Å². The lowest BCUT2D eigenvalue weighted by atomic mass is 10.0. The van der Waals surface area contributed by atoms with E-state index in [1.165, 1.54) is 6.08 Å². The number of fused-ring (bicyclic) bond motifs is 3. The van der Waals surface area contributed by atoms with E-state index in [1.54, 1.807) is 4.68 Å². The Morgan fingerprint density at radius 2 is 2.19 bits per heavy atom. The number of piperidine rings is 1. The molecule has 1 amide bonds. The molecule has 3 unspecified atom stereocenters. The zero-order valence-electron chi connectivity index (χ0n) is 15.2. The monoisotopic (exact) mass is 362 g/mol. The smallest absolute Gasteiger partial charge is 0.246 e. The molecule has 3 aromatic rings. The van der Waals surface area contributed by atoms with Crippen LogP contribution in [0.2, 0.25) is 0 Å². The van der Waals surface area contributed by atoms with Crippen molar-refractivity contribution >= 4 is 17.1 Å². The van der Waals surface area contributed by atoms with Crippen molar-refractivity contribution in [2.75, 3.05) is 11.9 Å². The van der Waals surface area contributed by atoms with Gasteiger partial charge in [-0.2, -0.15) is 10.2 Å². The molecule has 0 spiro atoms. The van der Waals surface area contributed by atoms with Crippen molar-refractivity contribution in [2.24, 2.45) is 13.0 Å². The summed E-state index contributed by atoms with van der Waals surface area (Å²) in [4.78, 5) is 13.9. The summed E-state index contributed by atoms with van der Waals surface area (Å²) in [6.07, 6.45) is 11.2. The first-order valence-corrected chi connectivity index (χ1v) is 9.28. The number of nitrogens with zero attached hydrogens (tertiary/aromatic N) is 5. The van der Waals surface area contributed by atoms with Gasteiger partial charge in [-0.15, -0.1) is 0 Å². The molecule has 1 saturated heterocycles. The number of pyridine rings is 1. The average molecular weight is 362 g/mol. The molecule has 27 heavy (non-hydrogen) atoms. The molecule has 1 saturated carbocycles. The second-order valence-electron chi connectivity index (χ2n) is 7.54. The largest absolute Gasteiger partial charge is 0.380 e. The number of nitrogens with one attached hydrogen (secondary N) is 1. The number of aromatic nitrogens is 4. The number of amides is 1. The fourth-order valence-electron chi connectivity index (χ4n) is 4.59. The lowest BCUT2D eigenvalue weighted by Gasteiger charge is -2.32. The maximum atomic E-state index is 12.0. The van der Waals surface area contributed by atoms with Crippen molar-refractivity contribution in [1.82, 2.24) is 24.3 Å². The van der Waals surface area contributed by atoms with Crippen molar-refractivity contribution in [3.63, 3.8) is 0 Å². The van der Waals surface area contributed by atoms with Crippen molar-refractivity contribution in [3.8, 4) is 11.1 Å². The number of hydrogen-bond donors (Lipinski definition) is 1. The van der Waals surface area contributed by atoms with Gasteiger partial charge in [0.05, 0.1) is 23.6 Å². The Morgan fingerprint density at radius 3 is 2.89 bits per heavy atom. The Morgan fingerprint density at radius 1 is 1.30 bits per heavy atom. The van der Waals surface area contributed by atoms with Gasteiger partial charge in [-0.25, -0.2) is 4.52 Å². The predicted molar refractivity (Wildman–Crippen MR) is 103 cm³/mol. The second-order valence-corrected chi connectivity index (χ2v) is 7.54. The zero-order chi connectivity index (χ0) is 18.5. The van der Waals surface area contributed by atoms with Crippen LogP contribution in [0.4, 0.5) is 5.69 Å². The molecule has 7 heteroatoms. The van der Waals surface area contributed by atoms with Crippen LogP contribution in [-0.2, 0) is 11.8 Å². The van der Waals surface area contributed by atoms with Gasteiger partial charge in [0.25, 0.3) is 0 Å². The number of aryl methyl sites for hydroxylation is 1. The van der Waals surface area contributed by atoms with Gasteiger partial charge in [-0.1, -0.05) is 6.58 Å². The molecule has 1 aliphatic heterocycles. The quantitative estimate of drug-likeness (QED) is 0.724. The minimum Gasteiger partial charge on any atom is -0.380 e. The first-order valence-electron chi connectivity index (χ1n) is 9.28. The van der Waals surface area contributed by atoms with E-state index in [-0.39, 0.29) is 5.91 Å². The Bertz CT molecular complexity index is 1030. The van der Waals surface area contributed by atoms with E-state index in [1.807, 2.05) is 47.3 Å². The number of rotatable bonds is 4. The Hall–Kier alpha value is -3.09. The van der Waals surface area contributed by atoms with Crippen LogP contribution in [0.15, 0.2) is 49.6 Å². The average Bonchev–Trinajstić information content (AvgIpc) is 3.44. The molecule has 1 aliphatic carbocycles. The Balaban J connectivity index is 1.44. The van der Waals surface area contributed by atoms with E-state index in [4.69, 9.17) is 0 Å². The molecular formula is C20H22N6O. The van der Waals surface area contributed by atoms with Gasteiger partial charge in [0.15, 0.2) is 0 Å². The maximum Gasteiger partial charge on any atom is 0.246 e. The standard InChI is InChI=1S/C20H22N6O/c1-3-20(27)25-11-14-6-16(25)8-17(14)23-18-7-13(15-9-22-24(2)10-15)12-26-19(18)4-5-21-26/h3-5,7,9-10,12,14,16-17,23H,1,6,8,11H2,2H3. The normalized spacial score (nSPS) is 23.9. The first kappa shape index (κ1) is 16.1. The topological polar surface area (TPSA) is 67.5 Å². The number of carbonyl (C=O) groups is 1. The molecular weight excluding hydrogens is 340 g/mol. The third kappa shape index (κ3) is 2.61. The lowest BCUT2D eigenvalue weighted by molar-refractivity contribution is -0.127. The van der Waals surface area contributed by atoms with Gasteiger partial charge < -0.3 is 10.2 Å². The molecule has 4 heterocycles. The summed E-state index contributed by atoms with van der Waals surface area (Å²) in [6.45, 7) is 4.43. The number of hydrogen-bond acceptors (Lipinski definition) is 4. The summed E-state index contributed by atoms with van der Waals surface area (Å²) in [5.41, 5.74) is 4.28. The summed E-state index contributed by atoms with van der Waals surface area (Å²) in [7, 11) is 1.92. The van der Waals surface area contributed by atoms with Crippen LogP contribution in [-0.4, -0.2) is 48.8 Å². The first-order chi connectivity index (χ1) is 13.1. The van der Waals surface area contributed by atoms with Crippen molar-refractivity contribution in [1.29, 1.82) is 0 Å². The van der Waals surface area contributed by atoms with Crippen LogP contribution in [0, 0.1) is 5.92 Å². The summed E-state index contributed by atoms with van der Waals surface area (Å²) in [5.74, 6) is 0.529. The van der Waals surface area contributed by atoms with Gasteiger partial charge in [0.1, 0.15) is 0 Å². The van der Waals surface area contributed by atoms with Crippen molar-refractivity contribution in [3.05, 3.63) is 49.6 Å². The van der Waals surface area contributed by atoms with Crippen LogP contribution in [0.3, 0.4) is 0 Å². The molecule has 0 aromatic carbocycles. The van der Waals surface area contributed by atoms with Gasteiger partial charge in [0, 0.05) is 49.2 Å². The Labute approximate surface area is 157 Å². The number of likely N-dealkylation sites (tertiary alicyclic amines) is 1. The van der Waals surface area contributed by atoms with Crippen LogP contribution < -0.4 is 5.32 Å². The minimum absolute atomic E-state index is 0.0534. The van der Waals surface area contributed by atoms with Crippen LogP contribution in [0.5, 0.6) is 0 Å². The minimum atomic E-state index is 0.0534. The van der Waals surface area contributed by atoms with Crippen LogP contribution in [0.25, 0.3) is 16.6 Å². The highest BCUT2D eigenvalue weighted by Crippen LogP contribution is 2.40. The van der Waals surface area contributed by atoms with Crippen molar-refractivity contribution in [2.45, 2.75) is 24.9 Å². The molecule has 7 nitrogen and oxygen atoms in total. The molecule has 2 fully saturated rings. The van der Waals surface area contributed by atoms with Crippen LogP contribution in [0.1, 0.15) is 12.8 Å². The maximum absolute atomic E-state index is 12.0.